The number of dihydropyridines is 1. The minimum atomic E-state index is -0.196. The van der Waals surface area contributed by atoms with E-state index < -0.39 is 0 Å². The fraction of sp³-hybridized carbons (Fsp3) is 0.533. The van der Waals surface area contributed by atoms with Crippen molar-refractivity contribution in [3.8, 4) is 6.07 Å². The molecule has 0 spiro atoms. The minimum Gasteiger partial charge on any atom is -0.384 e. The highest BCUT2D eigenvalue weighted by Gasteiger charge is 2.30. The summed E-state index contributed by atoms with van der Waals surface area (Å²) in [5.74, 6) is -0.196. The van der Waals surface area contributed by atoms with Gasteiger partial charge in [-0.3, -0.25) is 10.2 Å². The molecular weight excluding hydrogens is 264 g/mol. The van der Waals surface area contributed by atoms with Gasteiger partial charge in [0, 0.05) is 38.4 Å². The third-order valence-corrected chi connectivity index (χ3v) is 4.09. The van der Waals surface area contributed by atoms with Gasteiger partial charge in [-0.1, -0.05) is 12.2 Å². The molecule has 0 amide bonds. The monoisotopic (exact) mass is 286 g/mol. The lowest BCUT2D eigenvalue weighted by Gasteiger charge is -2.40. The molecule has 1 fully saturated rings. The van der Waals surface area contributed by atoms with E-state index in [1.54, 1.807) is 0 Å². The minimum absolute atomic E-state index is 0.0152. The maximum absolute atomic E-state index is 9.55. The molecule has 0 bridgehead atoms. The maximum atomic E-state index is 9.55. The molecule has 21 heavy (non-hydrogen) atoms. The van der Waals surface area contributed by atoms with Crippen molar-refractivity contribution in [3.63, 3.8) is 0 Å². The molecule has 0 aromatic carbocycles. The van der Waals surface area contributed by atoms with Gasteiger partial charge in [0.2, 0.25) is 0 Å². The zero-order chi connectivity index (χ0) is 14.5. The van der Waals surface area contributed by atoms with Crippen molar-refractivity contribution < 1.29 is 0 Å². The second-order valence-electron chi connectivity index (χ2n) is 5.44. The molecule has 3 aliphatic heterocycles. The molecule has 0 aliphatic carbocycles. The molecule has 0 radical (unpaired) electrons. The lowest BCUT2D eigenvalue weighted by Crippen LogP contribution is -2.63. The molecule has 6 heteroatoms. The molecule has 3 rings (SSSR count). The summed E-state index contributed by atoms with van der Waals surface area (Å²) >= 11 is 0. The molecule has 0 saturated carbocycles. The van der Waals surface area contributed by atoms with Crippen LogP contribution in [0.3, 0.4) is 0 Å². The Balaban J connectivity index is 1.68. The van der Waals surface area contributed by atoms with Crippen molar-refractivity contribution in [1.29, 1.82) is 5.26 Å². The van der Waals surface area contributed by atoms with Crippen molar-refractivity contribution in [1.82, 2.24) is 26.2 Å². The van der Waals surface area contributed by atoms with E-state index in [9.17, 15) is 5.26 Å². The molecule has 3 atom stereocenters. The van der Waals surface area contributed by atoms with E-state index in [0.717, 1.165) is 38.4 Å². The summed E-state index contributed by atoms with van der Waals surface area (Å²) in [5, 5.41) is 23.1. The maximum Gasteiger partial charge on any atom is 0.135 e. The summed E-state index contributed by atoms with van der Waals surface area (Å²) in [6.45, 7) is 4.82. The average Bonchev–Trinajstić information content (AvgIpc) is 2.58. The first-order chi connectivity index (χ1) is 10.4. The van der Waals surface area contributed by atoms with E-state index in [1.165, 1.54) is 0 Å². The Labute approximate surface area is 125 Å². The predicted molar refractivity (Wildman–Crippen MR) is 81.8 cm³/mol. The van der Waals surface area contributed by atoms with Gasteiger partial charge in [0.1, 0.15) is 12.2 Å². The van der Waals surface area contributed by atoms with Crippen LogP contribution in [0.1, 0.15) is 0 Å². The molecule has 0 aromatic rings. The Morgan fingerprint density at radius 3 is 2.90 bits per heavy atom. The smallest absolute Gasteiger partial charge is 0.135 e. The largest absolute Gasteiger partial charge is 0.384 e. The number of nitrogens with zero attached hydrogens (tertiary/aromatic N) is 2. The Bertz CT molecular complexity index is 483. The highest BCUT2D eigenvalue weighted by atomic mass is 15.4. The van der Waals surface area contributed by atoms with Gasteiger partial charge in [-0.25, -0.2) is 0 Å². The summed E-state index contributed by atoms with van der Waals surface area (Å²) in [7, 11) is 0. The van der Waals surface area contributed by atoms with Crippen molar-refractivity contribution in [3.05, 3.63) is 36.2 Å². The van der Waals surface area contributed by atoms with Crippen molar-refractivity contribution in [2.24, 2.45) is 5.92 Å². The van der Waals surface area contributed by atoms with Gasteiger partial charge in [0.15, 0.2) is 0 Å². The third kappa shape index (κ3) is 3.27. The zero-order valence-corrected chi connectivity index (χ0v) is 12.0. The highest BCUT2D eigenvalue weighted by molar-refractivity contribution is 5.27. The summed E-state index contributed by atoms with van der Waals surface area (Å²) in [6.07, 6.45) is 10.2. The number of hydrogen-bond acceptors (Lipinski definition) is 6. The summed E-state index contributed by atoms with van der Waals surface area (Å²) in [5.41, 5.74) is 0.989. The van der Waals surface area contributed by atoms with Gasteiger partial charge in [0.05, 0.1) is 12.1 Å². The fourth-order valence-corrected chi connectivity index (χ4v) is 2.93. The molecule has 3 unspecified atom stereocenters. The number of rotatable bonds is 3. The molecule has 3 aliphatic rings. The lowest BCUT2D eigenvalue weighted by atomic mass is 9.95. The average molecular weight is 286 g/mol. The summed E-state index contributed by atoms with van der Waals surface area (Å²) in [6, 6.07) is 2.44. The van der Waals surface area contributed by atoms with Crippen LogP contribution in [0.5, 0.6) is 0 Å². The molecule has 4 N–H and O–H groups in total. The van der Waals surface area contributed by atoms with E-state index in [4.69, 9.17) is 0 Å². The van der Waals surface area contributed by atoms with Crippen LogP contribution in [0.15, 0.2) is 36.2 Å². The van der Waals surface area contributed by atoms with Crippen LogP contribution in [-0.4, -0.2) is 50.0 Å². The number of hydrogen-bond donors (Lipinski definition) is 4. The highest BCUT2D eigenvalue weighted by Crippen LogP contribution is 2.18. The third-order valence-electron chi connectivity index (χ3n) is 4.09. The van der Waals surface area contributed by atoms with Crippen LogP contribution >= 0.6 is 0 Å². The SMILES string of the molecule is N#CC(C1=CC=CCN1)C1C=CNC(N2CCNCC2)N1. The van der Waals surface area contributed by atoms with E-state index in [0.29, 0.717) is 0 Å². The molecule has 0 aromatic heterocycles. The second kappa shape index (κ2) is 6.76. The number of allylic oxidation sites excluding steroid dienone is 2. The quantitative estimate of drug-likeness (QED) is 0.557. The molecule has 1 saturated heterocycles. The summed E-state index contributed by atoms with van der Waals surface area (Å²) in [4.78, 5) is 2.37. The predicted octanol–water partition coefficient (Wildman–Crippen LogP) is -0.567. The Hall–Kier alpha value is -1.81. The first-order valence-corrected chi connectivity index (χ1v) is 7.52. The standard InChI is InChI=1S/C15H22N6/c16-11-12(13-3-1-2-5-18-13)14-4-6-19-15(20-14)21-9-7-17-8-10-21/h1-4,6,12,14-15,17-20H,5,7-10H2. The van der Waals surface area contributed by atoms with Gasteiger partial charge < -0.3 is 16.0 Å². The van der Waals surface area contributed by atoms with Crippen LogP contribution in [0, 0.1) is 17.2 Å². The number of piperazine rings is 1. The lowest BCUT2D eigenvalue weighted by molar-refractivity contribution is 0.114. The van der Waals surface area contributed by atoms with Gasteiger partial charge >= 0.3 is 0 Å². The van der Waals surface area contributed by atoms with Crippen LogP contribution in [-0.2, 0) is 0 Å². The Morgan fingerprint density at radius 2 is 2.19 bits per heavy atom. The summed E-state index contributed by atoms with van der Waals surface area (Å²) < 4.78 is 0. The first-order valence-electron chi connectivity index (χ1n) is 7.52. The molecular formula is C15H22N6. The first kappa shape index (κ1) is 14.1. The van der Waals surface area contributed by atoms with Crippen molar-refractivity contribution in [2.45, 2.75) is 12.3 Å². The van der Waals surface area contributed by atoms with Crippen LogP contribution in [0.25, 0.3) is 0 Å². The topological polar surface area (TPSA) is 75.2 Å². The normalized spacial score (nSPS) is 30.7. The van der Waals surface area contributed by atoms with Gasteiger partial charge in [-0.05, 0) is 18.4 Å². The zero-order valence-electron chi connectivity index (χ0n) is 12.0. The van der Waals surface area contributed by atoms with E-state index in [-0.39, 0.29) is 18.2 Å². The fourth-order valence-electron chi connectivity index (χ4n) is 2.93. The second-order valence-corrected chi connectivity index (χ2v) is 5.44. The molecule has 3 heterocycles. The molecule has 112 valence electrons. The van der Waals surface area contributed by atoms with E-state index in [2.05, 4.69) is 32.2 Å². The van der Waals surface area contributed by atoms with E-state index >= 15 is 0 Å². The number of nitriles is 1. The van der Waals surface area contributed by atoms with Gasteiger partial charge in [0.25, 0.3) is 0 Å². The Morgan fingerprint density at radius 1 is 1.33 bits per heavy atom. The van der Waals surface area contributed by atoms with Crippen LogP contribution < -0.4 is 21.3 Å². The van der Waals surface area contributed by atoms with E-state index in [1.807, 2.05) is 30.5 Å². The molecule has 6 nitrogen and oxygen atoms in total. The van der Waals surface area contributed by atoms with Crippen molar-refractivity contribution >= 4 is 0 Å². The Kier molecular flexibility index (Phi) is 4.55. The van der Waals surface area contributed by atoms with Gasteiger partial charge in [-0.2, -0.15) is 5.26 Å². The van der Waals surface area contributed by atoms with Gasteiger partial charge in [-0.15, -0.1) is 0 Å². The van der Waals surface area contributed by atoms with Crippen LogP contribution in [0.2, 0.25) is 0 Å². The van der Waals surface area contributed by atoms with Crippen molar-refractivity contribution in [2.75, 3.05) is 32.7 Å². The van der Waals surface area contributed by atoms with Crippen LogP contribution in [0.4, 0.5) is 0 Å². The number of nitrogens with one attached hydrogen (secondary N) is 4.